The molecule has 1 aromatic rings. The van der Waals surface area contributed by atoms with Crippen molar-refractivity contribution in [3.63, 3.8) is 0 Å². The van der Waals surface area contributed by atoms with Crippen LogP contribution in [0.1, 0.15) is 18.1 Å². The summed E-state index contributed by atoms with van der Waals surface area (Å²) in [5, 5.41) is 9.59. The number of rotatable bonds is 2. The normalized spacial score (nSPS) is 19.1. The maximum absolute atomic E-state index is 9.59. The molecule has 1 aromatic carbocycles. The van der Waals surface area contributed by atoms with Gasteiger partial charge in [-0.3, -0.25) is 0 Å². The maximum Gasteiger partial charge on any atom is 0.164 e. The Kier molecular flexibility index (Phi) is 2.33. The number of hydrogen-bond acceptors (Lipinski definition) is 3. The van der Waals surface area contributed by atoms with Crippen LogP contribution in [0.5, 0.6) is 11.5 Å². The van der Waals surface area contributed by atoms with Gasteiger partial charge in [0.25, 0.3) is 0 Å². The number of hydrogen-bond donors (Lipinski definition) is 2. The van der Waals surface area contributed by atoms with E-state index in [4.69, 9.17) is 10.5 Å². The Bertz CT molecular complexity index is 349. The number of nitrogens with two attached hydrogens (primary N) is 1. The predicted octanol–water partition coefficient (Wildman–Crippen LogP) is 1.22. The van der Waals surface area contributed by atoms with E-state index in [0.29, 0.717) is 12.3 Å². The summed E-state index contributed by atoms with van der Waals surface area (Å²) in [5.74, 6) is 0.897. The van der Waals surface area contributed by atoms with Crippen LogP contribution in [0.25, 0.3) is 0 Å². The predicted molar refractivity (Wildman–Crippen MR) is 54.7 cm³/mol. The first kappa shape index (κ1) is 9.34. The van der Waals surface area contributed by atoms with E-state index in [2.05, 4.69) is 0 Å². The molecule has 0 aromatic heterocycles. The Labute approximate surface area is 83.5 Å². The first-order chi connectivity index (χ1) is 6.72. The minimum atomic E-state index is 0.162. The smallest absolute Gasteiger partial charge is 0.164 e. The summed E-state index contributed by atoms with van der Waals surface area (Å²) in [5.41, 5.74) is 7.85. The average Bonchev–Trinajstić information content (AvgIpc) is 2.53. The molecule has 1 atom stereocenters. The molecule has 76 valence electrons. The highest BCUT2D eigenvalue weighted by Crippen LogP contribution is 2.39. The Morgan fingerprint density at radius 2 is 2.36 bits per heavy atom. The lowest BCUT2D eigenvalue weighted by atomic mass is 10.0. The van der Waals surface area contributed by atoms with Crippen LogP contribution in [-0.2, 0) is 12.8 Å². The Morgan fingerprint density at radius 3 is 3.07 bits per heavy atom. The number of phenols is 1. The van der Waals surface area contributed by atoms with Crippen molar-refractivity contribution in [2.24, 2.45) is 5.73 Å². The van der Waals surface area contributed by atoms with Gasteiger partial charge in [0.05, 0.1) is 0 Å². The van der Waals surface area contributed by atoms with Crippen molar-refractivity contribution < 1.29 is 9.84 Å². The summed E-state index contributed by atoms with van der Waals surface area (Å²) in [7, 11) is 0. The van der Waals surface area contributed by atoms with E-state index in [9.17, 15) is 5.11 Å². The van der Waals surface area contributed by atoms with Gasteiger partial charge < -0.3 is 15.6 Å². The Morgan fingerprint density at radius 1 is 1.57 bits per heavy atom. The Balaban J connectivity index is 2.42. The lowest BCUT2D eigenvalue weighted by Crippen LogP contribution is -2.07. The summed E-state index contributed by atoms with van der Waals surface area (Å²) in [6.45, 7) is 2.64. The lowest BCUT2D eigenvalue weighted by Gasteiger charge is -2.07. The highest BCUT2D eigenvalue weighted by atomic mass is 16.5. The summed E-state index contributed by atoms with van der Waals surface area (Å²) in [6.07, 6.45) is 1.88. The Hall–Kier alpha value is -1.22. The fraction of sp³-hybridized carbons (Fsp3) is 0.455. The fourth-order valence-electron chi connectivity index (χ4n) is 1.93. The third-order valence-corrected chi connectivity index (χ3v) is 2.56. The van der Waals surface area contributed by atoms with Crippen LogP contribution < -0.4 is 10.5 Å². The van der Waals surface area contributed by atoms with Crippen molar-refractivity contribution >= 4 is 0 Å². The van der Waals surface area contributed by atoms with Crippen molar-refractivity contribution in [1.82, 2.24) is 0 Å². The topological polar surface area (TPSA) is 55.5 Å². The molecule has 0 saturated heterocycles. The highest BCUT2D eigenvalue weighted by Gasteiger charge is 2.24. The molecule has 3 N–H and O–H groups in total. The van der Waals surface area contributed by atoms with Crippen LogP contribution in [0.2, 0.25) is 0 Å². The summed E-state index contributed by atoms with van der Waals surface area (Å²) < 4.78 is 5.53. The number of phenolic OH excluding ortho intramolecular Hbond substituents is 1. The molecule has 0 aliphatic carbocycles. The van der Waals surface area contributed by atoms with Gasteiger partial charge in [-0.15, -0.1) is 0 Å². The van der Waals surface area contributed by atoms with Gasteiger partial charge in [-0.25, -0.2) is 0 Å². The lowest BCUT2D eigenvalue weighted by molar-refractivity contribution is 0.245. The standard InChI is InChI=1S/C11H15NO2/c1-7-6-9-8(4-5-12)2-3-10(13)11(9)14-7/h2-3,7,13H,4-6,12H2,1H3. The van der Waals surface area contributed by atoms with Crippen molar-refractivity contribution in [2.45, 2.75) is 25.9 Å². The third-order valence-electron chi connectivity index (χ3n) is 2.56. The van der Waals surface area contributed by atoms with E-state index >= 15 is 0 Å². The third kappa shape index (κ3) is 1.44. The number of ether oxygens (including phenoxy) is 1. The van der Waals surface area contributed by atoms with E-state index in [0.717, 1.165) is 18.4 Å². The van der Waals surface area contributed by atoms with Gasteiger partial charge >= 0.3 is 0 Å². The van der Waals surface area contributed by atoms with E-state index < -0.39 is 0 Å². The number of fused-ring (bicyclic) bond motifs is 1. The quantitative estimate of drug-likeness (QED) is 0.742. The van der Waals surface area contributed by atoms with Crippen LogP contribution in [0.3, 0.4) is 0 Å². The van der Waals surface area contributed by atoms with Crippen LogP contribution in [-0.4, -0.2) is 17.8 Å². The minimum absolute atomic E-state index is 0.162. The SMILES string of the molecule is CC1Cc2c(CCN)ccc(O)c2O1. The van der Waals surface area contributed by atoms with E-state index in [1.807, 2.05) is 13.0 Å². The molecule has 0 radical (unpaired) electrons. The molecule has 3 heteroatoms. The summed E-state index contributed by atoms with van der Waals surface area (Å²) >= 11 is 0. The van der Waals surface area contributed by atoms with Crippen molar-refractivity contribution in [3.05, 3.63) is 23.3 Å². The molecule has 0 spiro atoms. The maximum atomic E-state index is 9.59. The molecule has 0 bridgehead atoms. The fourth-order valence-corrected chi connectivity index (χ4v) is 1.93. The van der Waals surface area contributed by atoms with Gasteiger partial charge in [0.15, 0.2) is 11.5 Å². The van der Waals surface area contributed by atoms with Gasteiger partial charge in [0, 0.05) is 12.0 Å². The molecular formula is C11H15NO2. The van der Waals surface area contributed by atoms with Gasteiger partial charge in [-0.1, -0.05) is 6.07 Å². The molecular weight excluding hydrogens is 178 g/mol. The van der Waals surface area contributed by atoms with Gasteiger partial charge in [-0.2, -0.15) is 0 Å². The van der Waals surface area contributed by atoms with Gasteiger partial charge in [-0.05, 0) is 31.5 Å². The van der Waals surface area contributed by atoms with Crippen LogP contribution in [0.15, 0.2) is 12.1 Å². The van der Waals surface area contributed by atoms with E-state index in [1.54, 1.807) is 6.07 Å². The first-order valence-electron chi connectivity index (χ1n) is 4.93. The van der Waals surface area contributed by atoms with Gasteiger partial charge in [0.1, 0.15) is 6.10 Å². The van der Waals surface area contributed by atoms with Crippen molar-refractivity contribution in [2.75, 3.05) is 6.54 Å². The average molecular weight is 193 g/mol. The van der Waals surface area contributed by atoms with E-state index in [-0.39, 0.29) is 11.9 Å². The molecule has 3 nitrogen and oxygen atoms in total. The second-order valence-corrected chi connectivity index (χ2v) is 3.72. The van der Waals surface area contributed by atoms with E-state index in [1.165, 1.54) is 5.56 Å². The second kappa shape index (κ2) is 3.50. The monoisotopic (exact) mass is 193 g/mol. The molecule has 0 saturated carbocycles. The summed E-state index contributed by atoms with van der Waals surface area (Å²) in [4.78, 5) is 0. The largest absolute Gasteiger partial charge is 0.504 e. The molecule has 2 rings (SSSR count). The molecule has 1 unspecified atom stereocenters. The minimum Gasteiger partial charge on any atom is -0.504 e. The number of benzene rings is 1. The van der Waals surface area contributed by atoms with Crippen molar-refractivity contribution in [1.29, 1.82) is 0 Å². The zero-order valence-corrected chi connectivity index (χ0v) is 8.29. The second-order valence-electron chi connectivity index (χ2n) is 3.72. The van der Waals surface area contributed by atoms with Crippen molar-refractivity contribution in [3.8, 4) is 11.5 Å². The molecule has 1 aliphatic rings. The van der Waals surface area contributed by atoms with Crippen LogP contribution in [0, 0.1) is 0 Å². The van der Waals surface area contributed by atoms with Crippen LogP contribution >= 0.6 is 0 Å². The molecule has 1 heterocycles. The summed E-state index contributed by atoms with van der Waals surface area (Å²) in [6, 6.07) is 3.62. The molecule has 1 aliphatic heterocycles. The van der Waals surface area contributed by atoms with Crippen LogP contribution in [0.4, 0.5) is 0 Å². The first-order valence-corrected chi connectivity index (χ1v) is 4.93. The number of aromatic hydroxyl groups is 1. The van der Waals surface area contributed by atoms with Gasteiger partial charge in [0.2, 0.25) is 0 Å². The zero-order chi connectivity index (χ0) is 10.1. The molecule has 14 heavy (non-hydrogen) atoms. The highest BCUT2D eigenvalue weighted by molar-refractivity contribution is 5.52. The molecule has 0 fully saturated rings. The zero-order valence-electron chi connectivity index (χ0n) is 8.29. The molecule has 0 amide bonds.